The predicted molar refractivity (Wildman–Crippen MR) is 72.1 cm³/mol. The number of carbonyl (C=O) groups is 2. The van der Waals surface area contributed by atoms with Crippen LogP contribution in [0.5, 0.6) is 0 Å². The highest BCUT2D eigenvalue weighted by Crippen LogP contribution is 2.23. The summed E-state index contributed by atoms with van der Waals surface area (Å²) in [5.41, 5.74) is 5.50. The van der Waals surface area contributed by atoms with E-state index in [1.54, 1.807) is 19.1 Å². The number of rotatable bonds is 4. The van der Waals surface area contributed by atoms with E-state index in [9.17, 15) is 14.0 Å². The average Bonchev–Trinajstić information content (AvgIpc) is 2.65. The van der Waals surface area contributed by atoms with Crippen LogP contribution in [-0.4, -0.2) is 22.4 Å². The first-order valence-electron chi connectivity index (χ1n) is 6.52. The third-order valence-electron chi connectivity index (χ3n) is 3.73. The Labute approximate surface area is 116 Å². The molecule has 5 nitrogen and oxygen atoms in total. The molecule has 3 amide bonds. The summed E-state index contributed by atoms with van der Waals surface area (Å²) in [6, 6.07) is 4.09. The molecule has 0 aromatic heterocycles. The van der Waals surface area contributed by atoms with Crippen LogP contribution in [0.4, 0.5) is 9.18 Å². The second-order valence-corrected chi connectivity index (χ2v) is 5.14. The number of benzene rings is 1. The van der Waals surface area contributed by atoms with Crippen LogP contribution >= 0.6 is 0 Å². The van der Waals surface area contributed by atoms with Gasteiger partial charge >= 0.3 is 6.03 Å². The Hall–Kier alpha value is -1.95. The van der Waals surface area contributed by atoms with Crippen LogP contribution < -0.4 is 11.1 Å². The van der Waals surface area contributed by atoms with Crippen molar-refractivity contribution in [3.8, 4) is 0 Å². The molecule has 0 spiro atoms. The number of nitrogens with zero attached hydrogens (tertiary/aromatic N) is 1. The molecule has 1 fully saturated rings. The van der Waals surface area contributed by atoms with E-state index in [2.05, 4.69) is 5.32 Å². The maximum absolute atomic E-state index is 13.9. The minimum atomic E-state index is -0.898. The highest BCUT2D eigenvalue weighted by molar-refractivity contribution is 6.06. The number of urea groups is 1. The zero-order valence-electron chi connectivity index (χ0n) is 11.6. The zero-order valence-corrected chi connectivity index (χ0v) is 11.6. The van der Waals surface area contributed by atoms with Crippen molar-refractivity contribution in [1.82, 2.24) is 10.2 Å². The molecule has 0 bridgehead atoms. The molecular weight excluding hydrogens is 261 g/mol. The van der Waals surface area contributed by atoms with E-state index < -0.39 is 17.4 Å². The van der Waals surface area contributed by atoms with E-state index in [0.717, 1.165) is 4.90 Å². The molecule has 1 atom stereocenters. The van der Waals surface area contributed by atoms with Crippen LogP contribution in [0, 0.1) is 5.82 Å². The van der Waals surface area contributed by atoms with Crippen molar-refractivity contribution in [1.29, 1.82) is 0 Å². The van der Waals surface area contributed by atoms with Gasteiger partial charge in [0.1, 0.15) is 11.4 Å². The van der Waals surface area contributed by atoms with Gasteiger partial charge in [0.2, 0.25) is 0 Å². The van der Waals surface area contributed by atoms with E-state index in [1.807, 2.05) is 6.92 Å². The third kappa shape index (κ3) is 2.38. The summed E-state index contributed by atoms with van der Waals surface area (Å²) in [4.78, 5) is 25.1. The van der Waals surface area contributed by atoms with E-state index in [-0.39, 0.29) is 19.0 Å². The van der Waals surface area contributed by atoms with Crippen molar-refractivity contribution < 1.29 is 14.0 Å². The van der Waals surface area contributed by atoms with Crippen LogP contribution in [0.15, 0.2) is 18.2 Å². The molecule has 6 heteroatoms. The largest absolute Gasteiger partial charge is 0.326 e. The summed E-state index contributed by atoms with van der Waals surface area (Å²) < 4.78 is 13.9. The first-order valence-corrected chi connectivity index (χ1v) is 6.52. The predicted octanol–water partition coefficient (Wildman–Crippen LogP) is 1.50. The van der Waals surface area contributed by atoms with Gasteiger partial charge < -0.3 is 11.1 Å². The lowest BCUT2D eigenvalue weighted by Gasteiger charge is -2.19. The van der Waals surface area contributed by atoms with Gasteiger partial charge in [-0.1, -0.05) is 19.1 Å². The number of hydrogen-bond acceptors (Lipinski definition) is 3. The molecule has 20 heavy (non-hydrogen) atoms. The van der Waals surface area contributed by atoms with E-state index >= 15 is 0 Å². The van der Waals surface area contributed by atoms with Crippen LogP contribution in [-0.2, 0) is 17.9 Å². The van der Waals surface area contributed by atoms with Crippen molar-refractivity contribution in [2.75, 3.05) is 0 Å². The van der Waals surface area contributed by atoms with Gasteiger partial charge in [0.25, 0.3) is 5.91 Å². The topological polar surface area (TPSA) is 75.4 Å². The molecule has 1 heterocycles. The molecule has 108 valence electrons. The minimum Gasteiger partial charge on any atom is -0.326 e. The molecule has 0 radical (unpaired) electrons. The Morgan fingerprint density at radius 3 is 2.60 bits per heavy atom. The van der Waals surface area contributed by atoms with E-state index in [1.165, 1.54) is 6.07 Å². The lowest BCUT2D eigenvalue weighted by atomic mass is 9.99. The fraction of sp³-hybridized carbons (Fsp3) is 0.429. The normalized spacial score (nSPS) is 22.3. The molecule has 1 aliphatic heterocycles. The second-order valence-electron chi connectivity index (χ2n) is 5.14. The Bertz CT molecular complexity index is 561. The number of nitrogens with one attached hydrogen (secondary N) is 1. The monoisotopic (exact) mass is 279 g/mol. The zero-order chi connectivity index (χ0) is 14.9. The summed E-state index contributed by atoms with van der Waals surface area (Å²) >= 11 is 0. The SMILES string of the molecule is CCC1(C)NC(=O)N(Cc2ccc(CN)cc2F)C1=O. The quantitative estimate of drug-likeness (QED) is 0.820. The molecular formula is C14H18FN3O2. The molecule has 1 saturated heterocycles. The smallest absolute Gasteiger partial charge is 0.325 e. The second kappa shape index (κ2) is 5.20. The summed E-state index contributed by atoms with van der Waals surface area (Å²) in [7, 11) is 0. The lowest BCUT2D eigenvalue weighted by Crippen LogP contribution is -2.43. The van der Waals surface area contributed by atoms with Crippen LogP contribution in [0.2, 0.25) is 0 Å². The summed E-state index contributed by atoms with van der Waals surface area (Å²) in [6.07, 6.45) is 0.489. The van der Waals surface area contributed by atoms with Crippen LogP contribution in [0.25, 0.3) is 0 Å². The summed E-state index contributed by atoms with van der Waals surface area (Å²) in [5.74, 6) is -0.786. The standard InChI is InChI=1S/C14H18FN3O2/c1-3-14(2)12(19)18(13(20)17-14)8-10-5-4-9(7-16)6-11(10)15/h4-6H,3,7-8,16H2,1-2H3,(H,17,20). The lowest BCUT2D eigenvalue weighted by molar-refractivity contribution is -0.131. The molecule has 1 aromatic carbocycles. The number of imide groups is 1. The minimum absolute atomic E-state index is 0.0725. The van der Waals surface area contributed by atoms with Crippen molar-refractivity contribution in [2.24, 2.45) is 5.73 Å². The molecule has 1 aromatic rings. The van der Waals surface area contributed by atoms with Crippen molar-refractivity contribution in [3.63, 3.8) is 0 Å². The third-order valence-corrected chi connectivity index (χ3v) is 3.73. The number of amides is 3. The fourth-order valence-corrected chi connectivity index (χ4v) is 2.15. The maximum atomic E-state index is 13.9. The first kappa shape index (κ1) is 14.5. The Kier molecular flexibility index (Phi) is 3.76. The van der Waals surface area contributed by atoms with Gasteiger partial charge in [0.15, 0.2) is 0 Å². The highest BCUT2D eigenvalue weighted by atomic mass is 19.1. The maximum Gasteiger partial charge on any atom is 0.325 e. The first-order chi connectivity index (χ1) is 9.41. The molecule has 1 unspecified atom stereocenters. The van der Waals surface area contributed by atoms with Gasteiger partial charge in [-0.3, -0.25) is 9.69 Å². The van der Waals surface area contributed by atoms with E-state index in [4.69, 9.17) is 5.73 Å². The van der Waals surface area contributed by atoms with Gasteiger partial charge in [-0.05, 0) is 25.0 Å². The Morgan fingerprint density at radius 1 is 1.40 bits per heavy atom. The highest BCUT2D eigenvalue weighted by Gasteiger charge is 2.46. The van der Waals surface area contributed by atoms with Gasteiger partial charge in [-0.2, -0.15) is 0 Å². The summed E-state index contributed by atoms with van der Waals surface area (Å²) in [6.45, 7) is 3.66. The van der Waals surface area contributed by atoms with E-state index in [0.29, 0.717) is 17.5 Å². The summed E-state index contributed by atoms with van der Waals surface area (Å²) in [5, 5.41) is 2.64. The van der Waals surface area contributed by atoms with Gasteiger partial charge in [-0.15, -0.1) is 0 Å². The molecule has 2 rings (SSSR count). The van der Waals surface area contributed by atoms with Crippen LogP contribution in [0.1, 0.15) is 31.4 Å². The molecule has 0 aliphatic carbocycles. The van der Waals surface area contributed by atoms with Crippen LogP contribution in [0.3, 0.4) is 0 Å². The Balaban J connectivity index is 2.22. The fourth-order valence-electron chi connectivity index (χ4n) is 2.15. The average molecular weight is 279 g/mol. The van der Waals surface area contributed by atoms with Crippen molar-refractivity contribution in [2.45, 2.75) is 38.9 Å². The molecule has 3 N–H and O–H groups in total. The van der Waals surface area contributed by atoms with Gasteiger partial charge in [0, 0.05) is 12.1 Å². The van der Waals surface area contributed by atoms with Gasteiger partial charge in [0.05, 0.1) is 6.54 Å². The number of carbonyl (C=O) groups excluding carboxylic acids is 2. The van der Waals surface area contributed by atoms with Crippen molar-refractivity contribution in [3.05, 3.63) is 35.1 Å². The number of nitrogens with two attached hydrogens (primary N) is 1. The molecule has 0 saturated carbocycles. The Morgan fingerprint density at radius 2 is 2.10 bits per heavy atom. The number of hydrogen-bond donors (Lipinski definition) is 2. The number of halogens is 1. The van der Waals surface area contributed by atoms with Crippen molar-refractivity contribution >= 4 is 11.9 Å². The van der Waals surface area contributed by atoms with Gasteiger partial charge in [-0.25, -0.2) is 9.18 Å². The molecule has 1 aliphatic rings.